The predicted molar refractivity (Wildman–Crippen MR) is 65.8 cm³/mol. The Hall–Kier alpha value is -0.550. The van der Waals surface area contributed by atoms with Crippen LogP contribution in [0.2, 0.25) is 0 Å². The normalized spacial score (nSPS) is 25.9. The van der Waals surface area contributed by atoms with Crippen molar-refractivity contribution in [3.63, 3.8) is 0 Å². The van der Waals surface area contributed by atoms with Gasteiger partial charge in [-0.1, -0.05) is 0 Å². The molecule has 88 valence electrons. The minimum Gasteiger partial charge on any atom is -0.312 e. The van der Waals surface area contributed by atoms with Gasteiger partial charge in [-0.25, -0.2) is 4.98 Å². The van der Waals surface area contributed by atoms with Gasteiger partial charge in [0.25, 0.3) is 0 Å². The Bertz CT molecular complexity index is 366. The molecule has 2 heterocycles. The average molecular weight is 238 g/mol. The van der Waals surface area contributed by atoms with E-state index in [0.717, 1.165) is 24.6 Å². The number of aromatic nitrogens is 3. The molecule has 2 aliphatic rings. The quantitative estimate of drug-likeness (QED) is 0.851. The van der Waals surface area contributed by atoms with Crippen LogP contribution in [-0.2, 0) is 13.5 Å². The van der Waals surface area contributed by atoms with Gasteiger partial charge in [0.05, 0.1) is 0 Å². The molecule has 5 heteroatoms. The van der Waals surface area contributed by atoms with Gasteiger partial charge in [-0.3, -0.25) is 4.68 Å². The lowest BCUT2D eigenvalue weighted by atomic mass is 10.2. The summed E-state index contributed by atoms with van der Waals surface area (Å²) in [4.78, 5) is 4.67. The van der Waals surface area contributed by atoms with Gasteiger partial charge < -0.3 is 5.32 Å². The number of aryl methyl sites for hydroxylation is 1. The van der Waals surface area contributed by atoms with E-state index >= 15 is 0 Å². The minimum absolute atomic E-state index is 0.578. The van der Waals surface area contributed by atoms with Crippen LogP contribution in [0.4, 0.5) is 0 Å². The molecule has 3 rings (SSSR count). The van der Waals surface area contributed by atoms with Crippen molar-refractivity contribution < 1.29 is 0 Å². The smallest absolute Gasteiger partial charge is 0.154 e. The molecule has 1 N–H and O–H groups in total. The highest BCUT2D eigenvalue weighted by Crippen LogP contribution is 2.38. The molecule has 0 bridgehead atoms. The Labute approximate surface area is 100 Å². The highest BCUT2D eigenvalue weighted by molar-refractivity contribution is 7.99. The summed E-state index contributed by atoms with van der Waals surface area (Å²) in [5.74, 6) is 5.31. The summed E-state index contributed by atoms with van der Waals surface area (Å²) < 4.78 is 1.97. The topological polar surface area (TPSA) is 42.7 Å². The first-order valence-corrected chi connectivity index (χ1v) is 7.19. The van der Waals surface area contributed by atoms with E-state index < -0.39 is 0 Å². The van der Waals surface area contributed by atoms with Crippen molar-refractivity contribution in [2.75, 3.05) is 18.1 Å². The summed E-state index contributed by atoms with van der Waals surface area (Å²) in [5, 5.41) is 8.06. The monoisotopic (exact) mass is 238 g/mol. The molecule has 2 fully saturated rings. The minimum atomic E-state index is 0.578. The van der Waals surface area contributed by atoms with Gasteiger partial charge in [-0.2, -0.15) is 16.9 Å². The van der Waals surface area contributed by atoms with E-state index in [4.69, 9.17) is 0 Å². The summed E-state index contributed by atoms with van der Waals surface area (Å²) in [6.07, 6.45) is 3.57. The van der Waals surface area contributed by atoms with E-state index in [1.807, 2.05) is 23.5 Å². The summed E-state index contributed by atoms with van der Waals surface area (Å²) in [6, 6.07) is 0.578. The highest BCUT2D eigenvalue weighted by atomic mass is 32.2. The standard InChI is InChI=1S/C11H18N4S/c1-15-10(6-9-7-16-5-4-12-9)13-11(14-15)8-2-3-8/h8-9,12H,2-7H2,1H3. The van der Waals surface area contributed by atoms with Crippen molar-refractivity contribution in [1.29, 1.82) is 0 Å². The highest BCUT2D eigenvalue weighted by Gasteiger charge is 2.29. The van der Waals surface area contributed by atoms with Gasteiger partial charge in [0.2, 0.25) is 0 Å². The van der Waals surface area contributed by atoms with E-state index in [0.29, 0.717) is 12.0 Å². The van der Waals surface area contributed by atoms with Crippen LogP contribution < -0.4 is 5.32 Å². The zero-order chi connectivity index (χ0) is 11.0. The number of rotatable bonds is 3. The SMILES string of the molecule is Cn1nc(C2CC2)nc1CC1CSCCN1. The van der Waals surface area contributed by atoms with Crippen LogP contribution in [0, 0.1) is 0 Å². The van der Waals surface area contributed by atoms with Gasteiger partial charge in [-0.15, -0.1) is 0 Å². The molecule has 0 spiro atoms. The van der Waals surface area contributed by atoms with E-state index in [1.165, 1.54) is 24.3 Å². The van der Waals surface area contributed by atoms with Crippen molar-refractivity contribution in [1.82, 2.24) is 20.1 Å². The molecule has 0 radical (unpaired) electrons. The Balaban J connectivity index is 1.68. The molecule has 1 aliphatic carbocycles. The van der Waals surface area contributed by atoms with Crippen LogP contribution in [0.3, 0.4) is 0 Å². The van der Waals surface area contributed by atoms with Gasteiger partial charge in [0, 0.05) is 43.5 Å². The van der Waals surface area contributed by atoms with Crippen LogP contribution >= 0.6 is 11.8 Å². The fraction of sp³-hybridized carbons (Fsp3) is 0.818. The van der Waals surface area contributed by atoms with Crippen molar-refractivity contribution >= 4 is 11.8 Å². The van der Waals surface area contributed by atoms with Crippen molar-refractivity contribution in [3.05, 3.63) is 11.6 Å². The van der Waals surface area contributed by atoms with Crippen molar-refractivity contribution in [2.24, 2.45) is 7.05 Å². The fourth-order valence-corrected chi connectivity index (χ4v) is 3.05. The lowest BCUT2D eigenvalue weighted by molar-refractivity contribution is 0.534. The average Bonchev–Trinajstić information content (AvgIpc) is 3.07. The zero-order valence-electron chi connectivity index (χ0n) is 9.65. The second kappa shape index (κ2) is 4.37. The molecule has 1 aromatic rings. The number of nitrogens with one attached hydrogen (secondary N) is 1. The third-order valence-corrected chi connectivity index (χ3v) is 4.37. The molecule has 1 unspecified atom stereocenters. The molecule has 1 aliphatic heterocycles. The Morgan fingerprint density at radius 3 is 3.06 bits per heavy atom. The molecular formula is C11H18N4S. The largest absolute Gasteiger partial charge is 0.312 e. The summed E-state index contributed by atoms with van der Waals surface area (Å²) in [6.45, 7) is 1.13. The molecular weight excluding hydrogens is 220 g/mol. The lowest BCUT2D eigenvalue weighted by Crippen LogP contribution is -2.39. The third kappa shape index (κ3) is 2.25. The maximum atomic E-state index is 4.67. The van der Waals surface area contributed by atoms with Crippen molar-refractivity contribution in [2.45, 2.75) is 31.2 Å². The van der Waals surface area contributed by atoms with Crippen LogP contribution in [-0.4, -0.2) is 38.9 Å². The first-order chi connectivity index (χ1) is 7.83. The van der Waals surface area contributed by atoms with Gasteiger partial charge >= 0.3 is 0 Å². The molecule has 1 saturated heterocycles. The fourth-order valence-electron chi connectivity index (χ4n) is 2.10. The summed E-state index contributed by atoms with van der Waals surface area (Å²) >= 11 is 2.03. The van der Waals surface area contributed by atoms with E-state index in [9.17, 15) is 0 Å². The van der Waals surface area contributed by atoms with Crippen LogP contribution in [0.1, 0.15) is 30.4 Å². The molecule has 0 aromatic carbocycles. The van der Waals surface area contributed by atoms with E-state index in [-0.39, 0.29) is 0 Å². The molecule has 0 amide bonds. The molecule has 1 atom stereocenters. The first kappa shape index (κ1) is 10.6. The number of hydrogen-bond donors (Lipinski definition) is 1. The number of thioether (sulfide) groups is 1. The summed E-state index contributed by atoms with van der Waals surface area (Å²) in [7, 11) is 2.02. The van der Waals surface area contributed by atoms with Crippen LogP contribution in [0.5, 0.6) is 0 Å². The summed E-state index contributed by atoms with van der Waals surface area (Å²) in [5.41, 5.74) is 0. The second-order valence-corrected chi connectivity index (χ2v) is 5.86. The maximum absolute atomic E-state index is 4.67. The van der Waals surface area contributed by atoms with Crippen LogP contribution in [0.25, 0.3) is 0 Å². The van der Waals surface area contributed by atoms with Crippen molar-refractivity contribution in [3.8, 4) is 0 Å². The molecule has 4 nitrogen and oxygen atoms in total. The Kier molecular flexibility index (Phi) is 2.90. The zero-order valence-corrected chi connectivity index (χ0v) is 10.5. The van der Waals surface area contributed by atoms with Gasteiger partial charge in [0.1, 0.15) is 5.82 Å². The third-order valence-electron chi connectivity index (χ3n) is 3.24. The number of hydrogen-bond acceptors (Lipinski definition) is 4. The maximum Gasteiger partial charge on any atom is 0.154 e. The Morgan fingerprint density at radius 1 is 1.50 bits per heavy atom. The molecule has 1 aromatic heterocycles. The van der Waals surface area contributed by atoms with Crippen LogP contribution in [0.15, 0.2) is 0 Å². The Morgan fingerprint density at radius 2 is 2.38 bits per heavy atom. The van der Waals surface area contributed by atoms with E-state index in [2.05, 4.69) is 15.4 Å². The van der Waals surface area contributed by atoms with E-state index in [1.54, 1.807) is 0 Å². The second-order valence-electron chi connectivity index (χ2n) is 4.71. The lowest BCUT2D eigenvalue weighted by Gasteiger charge is -2.22. The predicted octanol–water partition coefficient (Wildman–Crippen LogP) is 0.940. The first-order valence-electron chi connectivity index (χ1n) is 6.04. The van der Waals surface area contributed by atoms with Gasteiger partial charge in [0.15, 0.2) is 5.82 Å². The molecule has 1 saturated carbocycles. The number of nitrogens with zero attached hydrogens (tertiary/aromatic N) is 3. The van der Waals surface area contributed by atoms with Gasteiger partial charge in [-0.05, 0) is 12.8 Å². The molecule has 16 heavy (non-hydrogen) atoms.